The number of aromatic nitrogens is 2. The minimum absolute atomic E-state index is 0.393. The van der Waals surface area contributed by atoms with Crippen molar-refractivity contribution in [2.24, 2.45) is 0 Å². The zero-order chi connectivity index (χ0) is 36.3. The van der Waals surface area contributed by atoms with Crippen LogP contribution in [0.4, 0.5) is 23.0 Å². The molecule has 262 valence electrons. The second-order valence-corrected chi connectivity index (χ2v) is 12.1. The number of methoxy groups -OCH3 is 2. The van der Waals surface area contributed by atoms with Crippen molar-refractivity contribution >= 4 is 69.2 Å². The van der Waals surface area contributed by atoms with Crippen molar-refractivity contribution < 1.29 is 23.8 Å². The maximum atomic E-state index is 12.0. The van der Waals surface area contributed by atoms with Crippen molar-refractivity contribution in [3.8, 4) is 5.75 Å². The van der Waals surface area contributed by atoms with Gasteiger partial charge >= 0.3 is 11.9 Å². The number of nitrogen functional groups attached to an aromatic ring is 1. The third-order valence-corrected chi connectivity index (χ3v) is 8.22. The van der Waals surface area contributed by atoms with Crippen molar-refractivity contribution in [3.05, 3.63) is 141 Å². The van der Waals surface area contributed by atoms with Gasteiger partial charge in [-0.05, 0) is 103 Å². The lowest BCUT2D eigenvalue weighted by molar-refractivity contribution is 0.0592. The Balaban J connectivity index is 0.000000218. The number of nitrogens with two attached hydrogens (primary N) is 1. The molecule has 0 aliphatic rings. The number of hydrogen-bond donors (Lipinski definition) is 3. The summed E-state index contributed by atoms with van der Waals surface area (Å²) in [4.78, 5) is 28.1. The van der Waals surface area contributed by atoms with Gasteiger partial charge in [0.1, 0.15) is 5.75 Å². The third-order valence-electron chi connectivity index (χ3n) is 7.71. The Labute approximate surface area is 306 Å². The van der Waals surface area contributed by atoms with Gasteiger partial charge in [-0.2, -0.15) is 0 Å². The average Bonchev–Trinajstić information content (AvgIpc) is 3.48. The molecule has 0 unspecified atom stereocenters. The summed E-state index contributed by atoms with van der Waals surface area (Å²) in [5, 5.41) is 7.99. The molecule has 0 fully saturated rings. The van der Waals surface area contributed by atoms with Gasteiger partial charge in [0.25, 0.3) is 0 Å². The molecule has 0 spiro atoms. The molecule has 5 aromatic carbocycles. The zero-order valence-electron chi connectivity index (χ0n) is 28.3. The van der Waals surface area contributed by atoms with E-state index in [1.165, 1.54) is 14.2 Å². The summed E-state index contributed by atoms with van der Waals surface area (Å²) in [6.07, 6.45) is 0. The number of nitrogens with one attached hydrogen (secondary N) is 2. The molecule has 4 N–H and O–H groups in total. The number of imidazole rings is 1. The van der Waals surface area contributed by atoms with E-state index in [1.807, 2.05) is 85.8 Å². The van der Waals surface area contributed by atoms with Crippen LogP contribution in [0.15, 0.2) is 109 Å². The number of halogens is 2. The van der Waals surface area contributed by atoms with Crippen molar-refractivity contribution in [3.63, 3.8) is 0 Å². The molecule has 51 heavy (non-hydrogen) atoms. The first-order valence-electron chi connectivity index (χ1n) is 16.0. The van der Waals surface area contributed by atoms with Gasteiger partial charge in [-0.1, -0.05) is 47.5 Å². The second-order valence-electron chi connectivity index (χ2n) is 11.2. The average molecular weight is 727 g/mol. The Morgan fingerprint density at radius 1 is 0.765 bits per heavy atom. The molecule has 0 atom stereocenters. The molecule has 10 nitrogen and oxygen atoms in total. The number of esters is 2. The third kappa shape index (κ3) is 9.72. The number of anilines is 4. The van der Waals surface area contributed by atoms with Crippen molar-refractivity contribution in [1.29, 1.82) is 0 Å². The zero-order valence-corrected chi connectivity index (χ0v) is 29.8. The maximum absolute atomic E-state index is 12.0. The van der Waals surface area contributed by atoms with Crippen LogP contribution in [0.5, 0.6) is 5.75 Å². The molecule has 0 aliphatic carbocycles. The minimum atomic E-state index is -0.402. The van der Waals surface area contributed by atoms with E-state index in [9.17, 15) is 9.59 Å². The van der Waals surface area contributed by atoms with Gasteiger partial charge in [0, 0.05) is 22.3 Å². The first kappa shape index (κ1) is 36.6. The number of carbonyl (C=O) groups is 2. The quantitative estimate of drug-likeness (QED) is 0.0885. The Kier molecular flexibility index (Phi) is 12.4. The van der Waals surface area contributed by atoms with Gasteiger partial charge in [0.15, 0.2) is 0 Å². The smallest absolute Gasteiger partial charge is 0.337 e. The van der Waals surface area contributed by atoms with E-state index in [-0.39, 0.29) is 0 Å². The summed E-state index contributed by atoms with van der Waals surface area (Å²) < 4.78 is 17.1. The summed E-state index contributed by atoms with van der Waals surface area (Å²) in [6.45, 7) is 3.78. The lowest BCUT2D eigenvalue weighted by atomic mass is 10.1. The van der Waals surface area contributed by atoms with Crippen molar-refractivity contribution in [1.82, 2.24) is 9.55 Å². The van der Waals surface area contributed by atoms with Crippen LogP contribution in [0.3, 0.4) is 0 Å². The van der Waals surface area contributed by atoms with Crippen LogP contribution in [0.1, 0.15) is 38.8 Å². The molecule has 12 heteroatoms. The molecule has 1 aromatic heterocycles. The molecular weight excluding hydrogens is 689 g/mol. The second kappa shape index (κ2) is 17.3. The largest absolute Gasteiger partial charge is 0.494 e. The molecule has 0 aliphatic heterocycles. The van der Waals surface area contributed by atoms with Crippen molar-refractivity contribution in [2.45, 2.75) is 20.0 Å². The molecule has 6 rings (SSSR count). The fourth-order valence-electron chi connectivity index (χ4n) is 5.10. The lowest BCUT2D eigenvalue weighted by Crippen LogP contribution is -2.06. The number of benzene rings is 5. The first-order valence-corrected chi connectivity index (χ1v) is 16.7. The van der Waals surface area contributed by atoms with Gasteiger partial charge in [0.2, 0.25) is 5.95 Å². The van der Waals surface area contributed by atoms with Gasteiger partial charge in [-0.15, -0.1) is 0 Å². The molecule has 0 radical (unpaired) electrons. The Hall–Kier alpha value is -5.71. The van der Waals surface area contributed by atoms with E-state index in [2.05, 4.69) is 19.9 Å². The fourth-order valence-corrected chi connectivity index (χ4v) is 5.35. The molecule has 0 bridgehead atoms. The van der Waals surface area contributed by atoms with Crippen LogP contribution < -0.4 is 21.1 Å². The van der Waals surface area contributed by atoms with Crippen LogP contribution in [-0.4, -0.2) is 42.3 Å². The van der Waals surface area contributed by atoms with E-state index in [0.29, 0.717) is 58.0 Å². The highest BCUT2D eigenvalue weighted by Crippen LogP contribution is 2.27. The highest BCUT2D eigenvalue weighted by molar-refractivity contribution is 6.30. The van der Waals surface area contributed by atoms with Gasteiger partial charge in [0.05, 0.1) is 60.9 Å². The maximum Gasteiger partial charge on any atom is 0.337 e. The van der Waals surface area contributed by atoms with E-state index in [1.54, 1.807) is 30.3 Å². The number of ether oxygens (including phenoxy) is 3. The van der Waals surface area contributed by atoms with Gasteiger partial charge in [-0.3, -0.25) is 0 Å². The van der Waals surface area contributed by atoms with Crippen LogP contribution in [0.25, 0.3) is 11.0 Å². The van der Waals surface area contributed by atoms with Crippen LogP contribution in [-0.2, 0) is 22.6 Å². The number of carbonyl (C=O) groups excluding carboxylic acids is 2. The molecular formula is C39H37Cl2N5O5. The Bertz CT molecular complexity index is 2100. The SMILES string of the molecule is CCOc1ccc(Nc2nc3cc(C(=O)OC)ccc3n2Cc2ccc(Cl)cc2)cc1.COC(=O)c1ccc(NCc2ccc(Cl)cc2)c(N)c1. The summed E-state index contributed by atoms with van der Waals surface area (Å²) in [6, 6.07) is 33.3. The van der Waals surface area contributed by atoms with E-state index in [4.69, 9.17) is 43.4 Å². The standard InChI is InChI=1S/C24H22ClN3O3.C15H15ClN2O2/c1-3-31-20-11-9-19(10-12-20)26-24-27-21-14-17(23(29)30-2)6-13-22(21)28(24)15-16-4-7-18(25)8-5-16;1-20-15(19)11-4-7-14(13(17)8-11)18-9-10-2-5-12(16)6-3-10/h4-14H,3,15H2,1-2H3,(H,26,27);2-8,18H,9,17H2,1H3. The number of rotatable bonds is 11. The Morgan fingerprint density at radius 2 is 1.35 bits per heavy atom. The lowest BCUT2D eigenvalue weighted by Gasteiger charge is -2.12. The Morgan fingerprint density at radius 3 is 1.94 bits per heavy atom. The van der Waals surface area contributed by atoms with Crippen LogP contribution in [0.2, 0.25) is 10.0 Å². The normalized spacial score (nSPS) is 10.5. The monoisotopic (exact) mass is 725 g/mol. The minimum Gasteiger partial charge on any atom is -0.494 e. The molecule has 1 heterocycles. The highest BCUT2D eigenvalue weighted by atomic mass is 35.5. The van der Waals surface area contributed by atoms with Gasteiger partial charge in [-0.25, -0.2) is 14.6 Å². The summed E-state index contributed by atoms with van der Waals surface area (Å²) in [7, 11) is 2.70. The van der Waals surface area contributed by atoms with Crippen LogP contribution >= 0.6 is 23.2 Å². The molecule has 0 amide bonds. The molecule has 0 saturated heterocycles. The molecule has 6 aromatic rings. The highest BCUT2D eigenvalue weighted by Gasteiger charge is 2.15. The predicted molar refractivity (Wildman–Crippen MR) is 203 cm³/mol. The number of hydrogen-bond acceptors (Lipinski definition) is 9. The van der Waals surface area contributed by atoms with E-state index >= 15 is 0 Å². The predicted octanol–water partition coefficient (Wildman–Crippen LogP) is 8.99. The summed E-state index contributed by atoms with van der Waals surface area (Å²) >= 11 is 11.9. The van der Waals surface area contributed by atoms with Crippen molar-refractivity contribution in [2.75, 3.05) is 37.2 Å². The molecule has 0 saturated carbocycles. The topological polar surface area (TPSA) is 130 Å². The summed E-state index contributed by atoms with van der Waals surface area (Å²) in [5.74, 6) is 0.678. The fraction of sp³-hybridized carbons (Fsp3) is 0.154. The van der Waals surface area contributed by atoms with E-state index < -0.39 is 11.9 Å². The van der Waals surface area contributed by atoms with Crippen LogP contribution in [0, 0.1) is 0 Å². The summed E-state index contributed by atoms with van der Waals surface area (Å²) in [5.41, 5.74) is 12.7. The van der Waals surface area contributed by atoms with E-state index in [0.717, 1.165) is 33.8 Å². The number of nitrogens with zero attached hydrogens (tertiary/aromatic N) is 2. The van der Waals surface area contributed by atoms with Gasteiger partial charge < -0.3 is 35.1 Å². The number of fused-ring (bicyclic) bond motifs is 1. The first-order chi connectivity index (χ1) is 24.7.